The Hall–Kier alpha value is -7.81. The zero-order valence-corrected chi connectivity index (χ0v) is 45.0. The molecule has 1 aliphatic carbocycles. The van der Waals surface area contributed by atoms with Gasteiger partial charge in [0, 0.05) is 45.4 Å². The van der Waals surface area contributed by atoms with Crippen LogP contribution in [0.1, 0.15) is 98.9 Å². The van der Waals surface area contributed by atoms with E-state index in [0.29, 0.717) is 57.9 Å². The topological polar surface area (TPSA) is 175 Å². The number of carbonyl (C=O) groups excluding carboxylic acids is 7. The Morgan fingerprint density at radius 1 is 0.577 bits per heavy atom. The first-order valence-electron chi connectivity index (χ1n) is 27.8. The van der Waals surface area contributed by atoms with Crippen LogP contribution in [0.25, 0.3) is 11.1 Å². The number of benzene rings is 5. The maximum absolute atomic E-state index is 15.0. The van der Waals surface area contributed by atoms with E-state index in [1.54, 1.807) is 21.7 Å². The predicted octanol–water partition coefficient (Wildman–Crippen LogP) is 7.84. The zero-order valence-electron chi connectivity index (χ0n) is 45.0. The van der Waals surface area contributed by atoms with E-state index in [2.05, 4.69) is 22.8 Å². The Bertz CT molecular complexity index is 2880. The molecular weight excluding hydrogens is 985 g/mol. The molecule has 15 heteroatoms. The molecule has 15 nitrogen and oxygen atoms in total. The minimum atomic E-state index is -1.11. The van der Waals surface area contributed by atoms with Crippen molar-refractivity contribution in [1.29, 1.82) is 0 Å². The minimum absolute atomic E-state index is 0.0526. The highest BCUT2D eigenvalue weighted by atomic mass is 16.5. The quantitative estimate of drug-likeness (QED) is 0.0781. The molecule has 0 aromatic heterocycles. The number of carbonyl (C=O) groups is 7. The fourth-order valence-electron chi connectivity index (χ4n) is 11.8. The fourth-order valence-corrected chi connectivity index (χ4v) is 11.8. The summed E-state index contributed by atoms with van der Waals surface area (Å²) in [5.74, 6) is -3.14. The normalized spacial score (nSPS) is 19.4. The Morgan fingerprint density at radius 3 is 1.72 bits per heavy atom. The van der Waals surface area contributed by atoms with Gasteiger partial charge in [0.05, 0.1) is 0 Å². The number of amides is 6. The lowest BCUT2D eigenvalue weighted by molar-refractivity contribution is -0.159. The highest BCUT2D eigenvalue weighted by Crippen LogP contribution is 2.44. The van der Waals surface area contributed by atoms with Crippen LogP contribution in [-0.2, 0) is 57.7 Å². The Morgan fingerprint density at radius 2 is 1.10 bits per heavy atom. The summed E-state index contributed by atoms with van der Waals surface area (Å²) < 4.78 is 11.6. The van der Waals surface area contributed by atoms with Crippen molar-refractivity contribution in [3.63, 3.8) is 0 Å². The summed E-state index contributed by atoms with van der Waals surface area (Å²) in [5, 5.41) is 5.84. The lowest BCUT2D eigenvalue weighted by atomic mass is 9.95. The highest BCUT2D eigenvalue weighted by molar-refractivity contribution is 5.97. The van der Waals surface area contributed by atoms with E-state index in [1.807, 2.05) is 141 Å². The SMILES string of the molecule is CCC(C)[C@H](NC(=O)[C@@H](Cc1ccccc1)NC(=O)OCC1c2ccccc2-c2ccccc21)C(=O)N1CCC[C@@H]1C(=O)N1CCCC[C@H]1C(=O)N(C)[C@H](Cc1ccccc1)C(=O)N1CCC[C@H]1C(=O)OCc1ccccc1. The van der Waals surface area contributed by atoms with Gasteiger partial charge in [0.2, 0.25) is 29.5 Å². The van der Waals surface area contributed by atoms with Gasteiger partial charge < -0.3 is 39.7 Å². The molecule has 7 atom stereocenters. The average Bonchev–Trinajstić information content (AvgIpc) is 4.31. The van der Waals surface area contributed by atoms with E-state index >= 15 is 9.59 Å². The Labute approximate surface area is 457 Å². The third-order valence-electron chi connectivity index (χ3n) is 16.3. The van der Waals surface area contributed by atoms with Gasteiger partial charge in [-0.3, -0.25) is 24.0 Å². The van der Waals surface area contributed by atoms with Crippen LogP contribution in [-0.4, -0.2) is 131 Å². The summed E-state index contributed by atoms with van der Waals surface area (Å²) in [4.78, 5) is 108. The van der Waals surface area contributed by atoms with Gasteiger partial charge in [-0.1, -0.05) is 160 Å². The van der Waals surface area contributed by atoms with Crippen LogP contribution in [0.3, 0.4) is 0 Å². The van der Waals surface area contributed by atoms with Crippen LogP contribution in [0.4, 0.5) is 4.79 Å². The monoisotopic (exact) mass is 1060 g/mol. The molecule has 1 unspecified atom stereocenters. The molecule has 4 aliphatic rings. The van der Waals surface area contributed by atoms with E-state index in [0.717, 1.165) is 38.9 Å². The first-order valence-corrected chi connectivity index (χ1v) is 27.8. The Balaban J connectivity index is 0.889. The smallest absolute Gasteiger partial charge is 0.407 e. The molecule has 2 N–H and O–H groups in total. The summed E-state index contributed by atoms with van der Waals surface area (Å²) in [6.45, 7) is 4.82. The number of likely N-dealkylation sites (tertiary alicyclic amines) is 3. The standard InChI is InChI=1S/C63H72N6O9/c1-4-42(2)56(65-57(70)51(38-43-22-8-5-9-23-43)64-63(76)78-41-50-48-30-16-14-28-46(48)47-29-15-17-31-49(47)50)61(74)68-36-20-33-53(68)59(72)67-35-19-18-32-52(67)58(71)66(3)55(39-44-24-10-6-11-25-44)60(73)69-37-21-34-54(69)62(75)77-40-45-26-12-7-13-27-45/h5-17,22-31,42,50-56H,4,18-21,32-41H2,1-3H3,(H,64,76)(H,65,70)/t42?,51-,52+,53-,54+,55-,56+/m1/s1. The van der Waals surface area contributed by atoms with Gasteiger partial charge >= 0.3 is 12.1 Å². The van der Waals surface area contributed by atoms with E-state index in [1.165, 1.54) is 4.90 Å². The molecule has 3 fully saturated rings. The maximum atomic E-state index is 15.0. The molecule has 3 saturated heterocycles. The van der Waals surface area contributed by atoms with Crippen molar-refractivity contribution in [2.75, 3.05) is 33.3 Å². The second kappa shape index (κ2) is 25.6. The summed E-state index contributed by atoms with van der Waals surface area (Å²) in [6, 6.07) is 38.4. The summed E-state index contributed by atoms with van der Waals surface area (Å²) in [7, 11) is 1.60. The molecule has 0 bridgehead atoms. The van der Waals surface area contributed by atoms with Crippen LogP contribution >= 0.6 is 0 Å². The van der Waals surface area contributed by atoms with Crippen molar-refractivity contribution in [2.24, 2.45) is 5.92 Å². The van der Waals surface area contributed by atoms with Crippen molar-refractivity contribution >= 4 is 41.6 Å². The number of piperidine rings is 1. The maximum Gasteiger partial charge on any atom is 0.407 e. The van der Waals surface area contributed by atoms with Crippen molar-refractivity contribution < 1.29 is 43.0 Å². The van der Waals surface area contributed by atoms with Gasteiger partial charge in [0.15, 0.2) is 0 Å². The fraction of sp³-hybridized carbons (Fsp3) is 0.413. The molecule has 5 aromatic rings. The van der Waals surface area contributed by atoms with Crippen LogP contribution in [0.2, 0.25) is 0 Å². The van der Waals surface area contributed by atoms with Crippen molar-refractivity contribution in [2.45, 2.75) is 127 Å². The number of ether oxygens (including phenoxy) is 2. The van der Waals surface area contributed by atoms with E-state index < -0.39 is 66.0 Å². The predicted molar refractivity (Wildman–Crippen MR) is 295 cm³/mol. The molecule has 78 heavy (non-hydrogen) atoms. The van der Waals surface area contributed by atoms with Crippen molar-refractivity contribution in [1.82, 2.24) is 30.2 Å². The summed E-state index contributed by atoms with van der Waals surface area (Å²) in [6.07, 6.45) is 3.70. The number of fused-ring (bicyclic) bond motifs is 3. The third kappa shape index (κ3) is 12.5. The van der Waals surface area contributed by atoms with Gasteiger partial charge in [-0.05, 0) is 89.8 Å². The second-order valence-electron chi connectivity index (χ2n) is 21.3. The number of likely N-dealkylation sites (N-methyl/N-ethyl adjacent to an activating group) is 1. The molecule has 0 saturated carbocycles. The molecule has 3 heterocycles. The van der Waals surface area contributed by atoms with Gasteiger partial charge in [0.25, 0.3) is 0 Å². The number of nitrogens with one attached hydrogen (secondary N) is 2. The first-order chi connectivity index (χ1) is 37.9. The largest absolute Gasteiger partial charge is 0.459 e. The number of nitrogens with zero attached hydrogens (tertiary/aromatic N) is 4. The van der Waals surface area contributed by atoms with E-state index in [4.69, 9.17) is 9.47 Å². The highest BCUT2D eigenvalue weighted by Gasteiger charge is 2.47. The zero-order chi connectivity index (χ0) is 54.7. The molecule has 6 amide bonds. The van der Waals surface area contributed by atoms with Crippen LogP contribution in [0.15, 0.2) is 140 Å². The average molecular weight is 1060 g/mol. The van der Waals surface area contributed by atoms with Crippen LogP contribution < -0.4 is 10.6 Å². The summed E-state index contributed by atoms with van der Waals surface area (Å²) >= 11 is 0. The molecule has 9 rings (SSSR count). The van der Waals surface area contributed by atoms with Crippen molar-refractivity contribution in [3.8, 4) is 11.1 Å². The van der Waals surface area contributed by atoms with Crippen LogP contribution in [0, 0.1) is 5.92 Å². The number of hydrogen-bond donors (Lipinski definition) is 2. The van der Waals surface area contributed by atoms with E-state index in [-0.39, 0.29) is 62.8 Å². The number of rotatable bonds is 19. The summed E-state index contributed by atoms with van der Waals surface area (Å²) in [5.41, 5.74) is 6.75. The number of hydrogen-bond acceptors (Lipinski definition) is 9. The molecule has 408 valence electrons. The third-order valence-corrected chi connectivity index (χ3v) is 16.3. The lowest BCUT2D eigenvalue weighted by Gasteiger charge is -2.41. The van der Waals surface area contributed by atoms with Gasteiger partial charge in [-0.15, -0.1) is 0 Å². The second-order valence-corrected chi connectivity index (χ2v) is 21.3. The van der Waals surface area contributed by atoms with Gasteiger partial charge in [-0.2, -0.15) is 0 Å². The van der Waals surface area contributed by atoms with Crippen molar-refractivity contribution in [3.05, 3.63) is 167 Å². The van der Waals surface area contributed by atoms with E-state index in [9.17, 15) is 24.0 Å². The van der Waals surface area contributed by atoms with Crippen LogP contribution in [0.5, 0.6) is 0 Å². The lowest BCUT2D eigenvalue weighted by Crippen LogP contribution is -2.62. The van der Waals surface area contributed by atoms with Gasteiger partial charge in [0.1, 0.15) is 49.5 Å². The minimum Gasteiger partial charge on any atom is -0.459 e. The van der Waals surface area contributed by atoms with Gasteiger partial charge in [-0.25, -0.2) is 9.59 Å². The molecule has 3 aliphatic heterocycles. The molecular formula is C63H72N6O9. The first kappa shape index (κ1) is 55.0. The number of alkyl carbamates (subject to hydrolysis) is 1. The number of esters is 1. The molecule has 0 spiro atoms. The Kier molecular flexibility index (Phi) is 18.0. The molecule has 5 aromatic carbocycles. The molecule has 0 radical (unpaired) electrons.